The fourth-order valence-corrected chi connectivity index (χ4v) is 4.25. The Balaban J connectivity index is 1.38. The second-order valence-corrected chi connectivity index (χ2v) is 7.73. The van der Waals surface area contributed by atoms with Crippen molar-refractivity contribution in [1.82, 2.24) is 14.8 Å². The molecule has 0 N–H and O–H groups in total. The van der Waals surface area contributed by atoms with Crippen molar-refractivity contribution >= 4 is 29.0 Å². The van der Waals surface area contributed by atoms with Crippen LogP contribution >= 0.6 is 11.3 Å². The molecule has 1 aromatic carbocycles. The summed E-state index contributed by atoms with van der Waals surface area (Å²) in [5.74, 6) is -0.129. The van der Waals surface area contributed by atoms with E-state index in [2.05, 4.69) is 9.88 Å². The number of hydrogen-bond donors (Lipinski definition) is 0. The third-order valence-electron chi connectivity index (χ3n) is 5.15. The van der Waals surface area contributed by atoms with Crippen LogP contribution in [0.2, 0.25) is 0 Å². The van der Waals surface area contributed by atoms with Crippen LogP contribution in [0.4, 0.5) is 14.9 Å². The molecule has 1 unspecified atom stereocenters. The number of rotatable bonds is 5. The van der Waals surface area contributed by atoms with Gasteiger partial charge in [0, 0.05) is 43.7 Å². The number of thiazole rings is 1. The molecular formula is C19H21FN4O2S. The van der Waals surface area contributed by atoms with Crippen molar-refractivity contribution in [3.8, 4) is 0 Å². The van der Waals surface area contributed by atoms with Crippen LogP contribution in [0.25, 0.3) is 0 Å². The maximum Gasteiger partial charge on any atom is 0.327 e. The highest BCUT2D eigenvalue weighted by molar-refractivity contribution is 7.07. The maximum absolute atomic E-state index is 13.1. The Bertz CT molecular complexity index is 812. The molecule has 27 heavy (non-hydrogen) atoms. The van der Waals surface area contributed by atoms with Gasteiger partial charge in [-0.1, -0.05) is 0 Å². The van der Waals surface area contributed by atoms with Crippen LogP contribution in [0.3, 0.4) is 0 Å². The van der Waals surface area contributed by atoms with Crippen molar-refractivity contribution in [2.45, 2.75) is 19.4 Å². The van der Waals surface area contributed by atoms with Gasteiger partial charge in [-0.05, 0) is 36.6 Å². The van der Waals surface area contributed by atoms with E-state index in [1.54, 1.807) is 22.5 Å². The summed E-state index contributed by atoms with van der Waals surface area (Å²) >= 11 is 1.50. The smallest absolute Gasteiger partial charge is 0.327 e. The van der Waals surface area contributed by atoms with Crippen molar-refractivity contribution in [2.75, 3.05) is 31.1 Å². The molecule has 6 nitrogen and oxygen atoms in total. The molecule has 3 heterocycles. The van der Waals surface area contributed by atoms with E-state index in [-0.39, 0.29) is 23.7 Å². The molecule has 2 aliphatic rings. The number of anilines is 1. The highest BCUT2D eigenvalue weighted by Crippen LogP contribution is 2.26. The second kappa shape index (κ2) is 7.64. The standard InChI is InChI=1S/C19H21FN4O2S/c20-15-1-3-17(4-2-15)22-7-5-14(9-22)10-24-18(25)6-8-23(19(24)26)11-16-12-27-13-21-16/h1-4,12-14H,5-11H2. The number of carbonyl (C=O) groups excluding carboxylic acids is 2. The fraction of sp³-hybridized carbons (Fsp3) is 0.421. The zero-order valence-electron chi connectivity index (χ0n) is 14.9. The summed E-state index contributed by atoms with van der Waals surface area (Å²) < 4.78 is 13.1. The molecule has 2 fully saturated rings. The molecule has 1 atom stereocenters. The van der Waals surface area contributed by atoms with Crippen LogP contribution in [-0.2, 0) is 11.3 Å². The molecule has 0 spiro atoms. The van der Waals surface area contributed by atoms with Crippen LogP contribution in [0.15, 0.2) is 35.2 Å². The van der Waals surface area contributed by atoms with Crippen molar-refractivity contribution in [3.05, 3.63) is 46.7 Å². The first-order valence-electron chi connectivity index (χ1n) is 9.07. The Morgan fingerprint density at radius 3 is 2.74 bits per heavy atom. The lowest BCUT2D eigenvalue weighted by molar-refractivity contribution is -0.131. The average Bonchev–Trinajstić information content (AvgIpc) is 3.34. The van der Waals surface area contributed by atoms with Gasteiger partial charge < -0.3 is 9.80 Å². The van der Waals surface area contributed by atoms with Crippen molar-refractivity contribution in [3.63, 3.8) is 0 Å². The number of imide groups is 1. The van der Waals surface area contributed by atoms with Crippen molar-refractivity contribution in [2.24, 2.45) is 5.92 Å². The second-order valence-electron chi connectivity index (χ2n) is 7.02. The lowest BCUT2D eigenvalue weighted by atomic mass is 10.1. The first-order chi connectivity index (χ1) is 13.1. The monoisotopic (exact) mass is 388 g/mol. The largest absolute Gasteiger partial charge is 0.371 e. The van der Waals surface area contributed by atoms with Gasteiger partial charge >= 0.3 is 6.03 Å². The summed E-state index contributed by atoms with van der Waals surface area (Å²) in [6.45, 7) is 2.92. The average molecular weight is 388 g/mol. The molecule has 0 saturated carbocycles. The Labute approximate surface area is 161 Å². The van der Waals surface area contributed by atoms with Crippen LogP contribution in [0.5, 0.6) is 0 Å². The summed E-state index contributed by atoms with van der Waals surface area (Å²) in [5, 5.41) is 1.92. The van der Waals surface area contributed by atoms with Gasteiger partial charge in [0.1, 0.15) is 5.82 Å². The van der Waals surface area contributed by atoms with Gasteiger partial charge in [-0.25, -0.2) is 14.2 Å². The molecule has 4 rings (SSSR count). The zero-order valence-corrected chi connectivity index (χ0v) is 15.7. The molecule has 142 valence electrons. The third kappa shape index (κ3) is 3.95. The number of carbonyl (C=O) groups is 2. The normalized spacial score (nSPS) is 20.6. The van der Waals surface area contributed by atoms with Gasteiger partial charge in [-0.2, -0.15) is 0 Å². The Morgan fingerprint density at radius 1 is 1.19 bits per heavy atom. The highest BCUT2D eigenvalue weighted by atomic mass is 32.1. The minimum atomic E-state index is -0.251. The molecule has 3 amide bonds. The first kappa shape index (κ1) is 17.9. The van der Waals surface area contributed by atoms with E-state index in [0.717, 1.165) is 30.9 Å². The number of amides is 3. The van der Waals surface area contributed by atoms with Crippen LogP contribution in [0.1, 0.15) is 18.5 Å². The molecule has 2 aromatic rings. The summed E-state index contributed by atoms with van der Waals surface area (Å²) in [5.41, 5.74) is 3.57. The van der Waals surface area contributed by atoms with Crippen LogP contribution in [-0.4, -0.2) is 52.9 Å². The summed E-state index contributed by atoms with van der Waals surface area (Å²) in [6, 6.07) is 6.22. The Kier molecular flexibility index (Phi) is 5.07. The molecule has 0 radical (unpaired) electrons. The summed E-state index contributed by atoms with van der Waals surface area (Å²) in [6.07, 6.45) is 1.25. The number of halogens is 1. The van der Waals surface area contributed by atoms with Gasteiger partial charge in [-0.15, -0.1) is 11.3 Å². The molecular weight excluding hydrogens is 367 g/mol. The van der Waals surface area contributed by atoms with Gasteiger partial charge in [0.15, 0.2) is 0 Å². The summed E-state index contributed by atoms with van der Waals surface area (Å²) in [7, 11) is 0. The quantitative estimate of drug-likeness (QED) is 0.790. The van der Waals surface area contributed by atoms with Crippen LogP contribution < -0.4 is 4.90 Å². The first-order valence-corrected chi connectivity index (χ1v) is 10.0. The van der Waals surface area contributed by atoms with E-state index in [1.807, 2.05) is 5.38 Å². The number of hydrogen-bond acceptors (Lipinski definition) is 5. The topological polar surface area (TPSA) is 56.8 Å². The minimum absolute atomic E-state index is 0.102. The van der Waals surface area contributed by atoms with E-state index in [0.29, 0.717) is 26.1 Å². The lowest BCUT2D eigenvalue weighted by Crippen LogP contribution is -2.53. The molecule has 2 aliphatic heterocycles. The number of urea groups is 1. The van der Waals surface area contributed by atoms with Crippen molar-refractivity contribution in [1.29, 1.82) is 0 Å². The van der Waals surface area contributed by atoms with E-state index in [9.17, 15) is 14.0 Å². The maximum atomic E-state index is 13.1. The van der Waals surface area contributed by atoms with E-state index in [1.165, 1.54) is 28.4 Å². The highest BCUT2D eigenvalue weighted by Gasteiger charge is 2.35. The number of nitrogens with zero attached hydrogens (tertiary/aromatic N) is 4. The van der Waals surface area contributed by atoms with Crippen molar-refractivity contribution < 1.29 is 14.0 Å². The van der Waals surface area contributed by atoms with Gasteiger partial charge in [0.05, 0.1) is 17.7 Å². The Hall–Kier alpha value is -2.48. The SMILES string of the molecule is O=C1CCN(Cc2cscn2)C(=O)N1CC1CCN(c2ccc(F)cc2)C1. The number of benzene rings is 1. The van der Waals surface area contributed by atoms with E-state index >= 15 is 0 Å². The molecule has 0 aliphatic carbocycles. The lowest BCUT2D eigenvalue weighted by Gasteiger charge is -2.35. The van der Waals surface area contributed by atoms with E-state index in [4.69, 9.17) is 0 Å². The fourth-order valence-electron chi connectivity index (χ4n) is 3.70. The molecule has 0 bridgehead atoms. The van der Waals surface area contributed by atoms with Gasteiger partial charge in [0.2, 0.25) is 5.91 Å². The number of aromatic nitrogens is 1. The van der Waals surface area contributed by atoms with E-state index < -0.39 is 0 Å². The molecule has 2 saturated heterocycles. The Morgan fingerprint density at radius 2 is 2.00 bits per heavy atom. The zero-order chi connectivity index (χ0) is 18.8. The molecule has 8 heteroatoms. The van der Waals surface area contributed by atoms with Gasteiger partial charge in [0.25, 0.3) is 0 Å². The third-order valence-corrected chi connectivity index (χ3v) is 5.79. The minimum Gasteiger partial charge on any atom is -0.371 e. The molecule has 1 aromatic heterocycles. The van der Waals surface area contributed by atoms with Crippen LogP contribution in [0, 0.1) is 11.7 Å². The predicted octanol–water partition coefficient (Wildman–Crippen LogP) is 2.96. The summed E-state index contributed by atoms with van der Waals surface area (Å²) in [4.78, 5) is 34.6. The predicted molar refractivity (Wildman–Crippen MR) is 101 cm³/mol. The van der Waals surface area contributed by atoms with Gasteiger partial charge in [-0.3, -0.25) is 9.69 Å².